The maximum Gasteiger partial charge on any atom is 0.306 e. The van der Waals surface area contributed by atoms with Crippen LogP contribution < -0.4 is 24.6 Å². The van der Waals surface area contributed by atoms with Gasteiger partial charge in [-0.15, -0.1) is 0 Å². The summed E-state index contributed by atoms with van der Waals surface area (Å²) in [5, 5.41) is 17.2. The molecule has 0 amide bonds. The van der Waals surface area contributed by atoms with E-state index < -0.39 is 11.9 Å². The molecule has 25 heavy (non-hydrogen) atoms. The van der Waals surface area contributed by atoms with E-state index in [0.29, 0.717) is 0 Å². The third kappa shape index (κ3) is 28.5. The number of carboxylic acids is 2. The maximum absolute atomic E-state index is 10.4. The van der Waals surface area contributed by atoms with Crippen LogP contribution in [0.15, 0.2) is 0 Å². The summed E-state index contributed by atoms with van der Waals surface area (Å²) in [6.45, 7) is 8.01. The zero-order chi connectivity index (χ0) is 16.0. The summed E-state index contributed by atoms with van der Waals surface area (Å²) in [5.74, 6) is -1.51. The molecule has 162 valence electrons. The Balaban J connectivity index is -0.0000000432. The number of hydrogen-bond donors (Lipinski definition) is 6. The van der Waals surface area contributed by atoms with Crippen LogP contribution in [0.1, 0.15) is 79.1 Å². The van der Waals surface area contributed by atoms with Crippen LogP contribution in [0.25, 0.3) is 0 Å². The SMILES string of the molecule is CCCCC(CC)C(=O)O.CCCCC(CC)C(=O)O.N.N.N.N.[Pt]. The van der Waals surface area contributed by atoms with Gasteiger partial charge >= 0.3 is 11.9 Å². The van der Waals surface area contributed by atoms with Crippen LogP contribution in [0, 0.1) is 11.8 Å². The predicted octanol–water partition coefficient (Wildman–Crippen LogP) is 5.22. The molecular formula is C16H44N4O4Pt. The third-order valence-electron chi connectivity index (χ3n) is 3.50. The van der Waals surface area contributed by atoms with Crippen LogP contribution >= 0.6 is 0 Å². The average molecular weight is 552 g/mol. The Bertz CT molecular complexity index is 247. The Kier molecular flexibility index (Phi) is 55.2. The van der Waals surface area contributed by atoms with E-state index in [-0.39, 0.29) is 57.5 Å². The van der Waals surface area contributed by atoms with Crippen molar-refractivity contribution in [1.29, 1.82) is 0 Å². The standard InChI is InChI=1S/2C8H16O2.4H3N.Pt/c2*1-3-5-6-7(4-2)8(9)10;;;;;/h2*7H,3-6H2,1-2H3,(H,9,10);4*1H3;. The van der Waals surface area contributed by atoms with Gasteiger partial charge in [0.1, 0.15) is 0 Å². The first kappa shape index (κ1) is 44.2. The first-order valence-electron chi connectivity index (χ1n) is 7.89. The van der Waals surface area contributed by atoms with Crippen molar-refractivity contribution in [2.45, 2.75) is 79.1 Å². The molecule has 0 saturated carbocycles. The number of rotatable bonds is 10. The third-order valence-corrected chi connectivity index (χ3v) is 3.50. The minimum absolute atomic E-state index is 0. The monoisotopic (exact) mass is 551 g/mol. The summed E-state index contributed by atoms with van der Waals surface area (Å²) in [7, 11) is 0. The molecule has 0 heterocycles. The van der Waals surface area contributed by atoms with Crippen molar-refractivity contribution in [3.8, 4) is 0 Å². The Morgan fingerprint density at radius 2 is 0.920 bits per heavy atom. The molecule has 0 aromatic heterocycles. The summed E-state index contributed by atoms with van der Waals surface area (Å²) < 4.78 is 0. The van der Waals surface area contributed by atoms with E-state index in [9.17, 15) is 9.59 Å². The molecule has 0 aromatic rings. The van der Waals surface area contributed by atoms with Gasteiger partial charge in [-0.25, -0.2) is 0 Å². The molecule has 2 unspecified atom stereocenters. The molecule has 0 aliphatic carbocycles. The number of unbranched alkanes of at least 4 members (excludes halogenated alkanes) is 2. The molecule has 0 rings (SSSR count). The van der Waals surface area contributed by atoms with Crippen molar-refractivity contribution in [2.24, 2.45) is 11.8 Å². The van der Waals surface area contributed by atoms with Gasteiger partial charge in [-0.05, 0) is 25.7 Å². The van der Waals surface area contributed by atoms with Crippen LogP contribution in [0.5, 0.6) is 0 Å². The van der Waals surface area contributed by atoms with Crippen LogP contribution in [0.4, 0.5) is 0 Å². The Labute approximate surface area is 168 Å². The fraction of sp³-hybridized carbons (Fsp3) is 0.875. The fourth-order valence-corrected chi connectivity index (χ4v) is 1.91. The summed E-state index contributed by atoms with van der Waals surface area (Å²) in [4.78, 5) is 20.9. The van der Waals surface area contributed by atoms with E-state index in [2.05, 4.69) is 13.8 Å². The minimum atomic E-state index is -0.643. The van der Waals surface area contributed by atoms with Crippen molar-refractivity contribution < 1.29 is 40.9 Å². The van der Waals surface area contributed by atoms with Gasteiger partial charge in [0.2, 0.25) is 0 Å². The molecular weight excluding hydrogens is 507 g/mol. The van der Waals surface area contributed by atoms with Crippen molar-refractivity contribution >= 4 is 11.9 Å². The van der Waals surface area contributed by atoms with Gasteiger partial charge < -0.3 is 34.8 Å². The van der Waals surface area contributed by atoms with Crippen LogP contribution in [-0.2, 0) is 30.7 Å². The van der Waals surface area contributed by atoms with E-state index in [1.54, 1.807) is 0 Å². The molecule has 0 saturated heterocycles. The van der Waals surface area contributed by atoms with Crippen molar-refractivity contribution in [1.82, 2.24) is 24.6 Å². The molecule has 9 heteroatoms. The molecule has 0 aromatic carbocycles. The van der Waals surface area contributed by atoms with E-state index >= 15 is 0 Å². The molecule has 14 N–H and O–H groups in total. The molecule has 0 radical (unpaired) electrons. The van der Waals surface area contributed by atoms with E-state index in [1.807, 2.05) is 13.8 Å². The first-order chi connectivity index (χ1) is 9.44. The normalized spacial score (nSPS) is 10.4. The van der Waals surface area contributed by atoms with Gasteiger partial charge in [-0.1, -0.05) is 53.4 Å². The van der Waals surface area contributed by atoms with Crippen LogP contribution in [-0.4, -0.2) is 22.2 Å². The molecule has 0 aliphatic heterocycles. The topological polar surface area (TPSA) is 215 Å². The summed E-state index contributed by atoms with van der Waals surface area (Å²) >= 11 is 0. The molecule has 0 fully saturated rings. The van der Waals surface area contributed by atoms with E-state index in [0.717, 1.165) is 51.4 Å². The van der Waals surface area contributed by atoms with Gasteiger partial charge in [0.05, 0.1) is 11.8 Å². The summed E-state index contributed by atoms with van der Waals surface area (Å²) in [6, 6.07) is 0. The van der Waals surface area contributed by atoms with Crippen molar-refractivity contribution in [3.63, 3.8) is 0 Å². The predicted molar refractivity (Wildman–Crippen MR) is 102 cm³/mol. The first-order valence-corrected chi connectivity index (χ1v) is 7.89. The van der Waals surface area contributed by atoms with Gasteiger partial charge in [-0.3, -0.25) is 9.59 Å². The maximum atomic E-state index is 10.4. The molecule has 2 atom stereocenters. The van der Waals surface area contributed by atoms with E-state index in [1.165, 1.54) is 0 Å². The number of aliphatic carboxylic acids is 2. The van der Waals surface area contributed by atoms with Crippen molar-refractivity contribution in [2.75, 3.05) is 0 Å². The van der Waals surface area contributed by atoms with Crippen LogP contribution in [0.2, 0.25) is 0 Å². The minimum Gasteiger partial charge on any atom is -0.481 e. The fourth-order valence-electron chi connectivity index (χ4n) is 1.91. The number of hydrogen-bond acceptors (Lipinski definition) is 6. The molecule has 0 bridgehead atoms. The Morgan fingerprint density at radius 1 is 0.680 bits per heavy atom. The Morgan fingerprint density at radius 3 is 1.04 bits per heavy atom. The average Bonchev–Trinajstić information content (AvgIpc) is 2.40. The quantitative estimate of drug-likeness (QED) is 0.211. The van der Waals surface area contributed by atoms with Gasteiger partial charge in [0, 0.05) is 21.1 Å². The Hall–Kier alpha value is -0.532. The zero-order valence-corrected chi connectivity index (χ0v) is 18.9. The van der Waals surface area contributed by atoms with Gasteiger partial charge in [-0.2, -0.15) is 0 Å². The zero-order valence-electron chi connectivity index (χ0n) is 16.7. The largest absolute Gasteiger partial charge is 0.481 e. The smallest absolute Gasteiger partial charge is 0.306 e. The second-order valence-corrected chi connectivity index (χ2v) is 5.17. The summed E-state index contributed by atoms with van der Waals surface area (Å²) in [5.41, 5.74) is 0. The van der Waals surface area contributed by atoms with Gasteiger partial charge in [0.25, 0.3) is 0 Å². The summed E-state index contributed by atoms with van der Waals surface area (Å²) in [6.07, 6.45) is 7.43. The molecule has 8 nitrogen and oxygen atoms in total. The van der Waals surface area contributed by atoms with Crippen molar-refractivity contribution in [3.05, 3.63) is 0 Å². The van der Waals surface area contributed by atoms with E-state index in [4.69, 9.17) is 10.2 Å². The number of carboxylic acid groups (broad SMARTS) is 2. The second-order valence-electron chi connectivity index (χ2n) is 5.17. The second kappa shape index (κ2) is 31.3. The molecule has 0 spiro atoms. The molecule has 0 aliphatic rings. The van der Waals surface area contributed by atoms with Gasteiger partial charge in [0.15, 0.2) is 0 Å². The number of carbonyl (C=O) groups is 2. The van der Waals surface area contributed by atoms with Crippen LogP contribution in [0.3, 0.4) is 0 Å².